The summed E-state index contributed by atoms with van der Waals surface area (Å²) in [6, 6.07) is 5.22. The minimum Gasteiger partial charge on any atom is -0.366 e. The van der Waals surface area contributed by atoms with E-state index in [0.717, 1.165) is 24.4 Å². The first-order chi connectivity index (χ1) is 12.7. The van der Waals surface area contributed by atoms with Crippen molar-refractivity contribution < 1.29 is 4.39 Å². The van der Waals surface area contributed by atoms with E-state index < -0.39 is 5.82 Å². The van der Waals surface area contributed by atoms with Crippen molar-refractivity contribution in [2.45, 2.75) is 38.3 Å². The van der Waals surface area contributed by atoms with Crippen molar-refractivity contribution in [3.05, 3.63) is 52.2 Å². The fraction of sp³-hybridized carbons (Fsp3) is 0.421. The number of nitrogens with two attached hydrogens (primary N) is 1. The zero-order valence-electron chi connectivity index (χ0n) is 14.4. The number of hydrogen-bond donors (Lipinski definition) is 2. The number of hydrogen-bond acceptors (Lipinski definition) is 5. The van der Waals surface area contributed by atoms with Crippen LogP contribution in [0.4, 0.5) is 10.2 Å². The molecule has 4 rings (SSSR count). The van der Waals surface area contributed by atoms with Crippen molar-refractivity contribution in [3.8, 4) is 0 Å². The molecule has 1 fully saturated rings. The molecule has 2 aromatic rings. The molecule has 0 bridgehead atoms. The quantitative estimate of drug-likeness (QED) is 0.859. The molecular weight excluding hydrogens is 353 g/mol. The minimum absolute atomic E-state index is 0.0787. The summed E-state index contributed by atoms with van der Waals surface area (Å²) in [6.07, 6.45) is 6.38. The molecule has 1 aliphatic carbocycles. The number of aliphatic imine (C=N–C) groups is 1. The van der Waals surface area contributed by atoms with Gasteiger partial charge in [0.15, 0.2) is 5.82 Å². The van der Waals surface area contributed by atoms with Crippen molar-refractivity contribution >= 4 is 23.1 Å². The molecule has 3 N–H and O–H groups in total. The van der Waals surface area contributed by atoms with Crippen molar-refractivity contribution in [3.63, 3.8) is 0 Å². The van der Waals surface area contributed by atoms with Crippen LogP contribution in [0.1, 0.15) is 42.6 Å². The molecule has 0 saturated heterocycles. The monoisotopic (exact) mass is 373 g/mol. The second-order valence-corrected chi connectivity index (χ2v) is 7.26. The van der Waals surface area contributed by atoms with Gasteiger partial charge in [-0.25, -0.2) is 14.4 Å². The highest BCUT2D eigenvalue weighted by Crippen LogP contribution is 2.28. The van der Waals surface area contributed by atoms with Gasteiger partial charge in [-0.15, -0.1) is 0 Å². The van der Waals surface area contributed by atoms with E-state index in [-0.39, 0.29) is 5.02 Å². The Bertz CT molecular complexity index is 854. The zero-order chi connectivity index (χ0) is 18.1. The number of anilines is 1. The summed E-state index contributed by atoms with van der Waals surface area (Å²) >= 11 is 5.89. The Kier molecular flexibility index (Phi) is 4.87. The lowest BCUT2D eigenvalue weighted by molar-refractivity contribution is 0.332. The molecule has 0 spiro atoms. The van der Waals surface area contributed by atoms with Crippen LogP contribution in [0.2, 0.25) is 5.02 Å². The van der Waals surface area contributed by atoms with Gasteiger partial charge >= 0.3 is 0 Å². The van der Waals surface area contributed by atoms with Gasteiger partial charge < -0.3 is 11.1 Å². The third-order valence-electron chi connectivity index (χ3n) is 5.21. The number of rotatable bonds is 4. The van der Waals surface area contributed by atoms with Gasteiger partial charge in [0.25, 0.3) is 0 Å². The van der Waals surface area contributed by atoms with Gasteiger partial charge in [0.2, 0.25) is 0 Å². The van der Waals surface area contributed by atoms with Crippen LogP contribution in [0.25, 0.3) is 0 Å². The first kappa shape index (κ1) is 17.4. The molecule has 2 aliphatic rings. The van der Waals surface area contributed by atoms with Gasteiger partial charge in [0, 0.05) is 11.6 Å². The fourth-order valence-corrected chi connectivity index (χ4v) is 3.98. The minimum atomic E-state index is -0.474. The molecule has 1 aliphatic heterocycles. The van der Waals surface area contributed by atoms with Gasteiger partial charge in [-0.1, -0.05) is 30.5 Å². The molecule has 0 amide bonds. The molecule has 0 radical (unpaired) electrons. The number of fused-ring (bicyclic) bond motifs is 1. The van der Waals surface area contributed by atoms with Crippen molar-refractivity contribution in [1.29, 1.82) is 0 Å². The molecule has 136 valence electrons. The third-order valence-corrected chi connectivity index (χ3v) is 5.50. The van der Waals surface area contributed by atoms with Crippen LogP contribution in [-0.2, 0) is 6.54 Å². The molecule has 5 nitrogen and oxygen atoms in total. The second kappa shape index (κ2) is 7.29. The largest absolute Gasteiger partial charge is 0.366 e. The van der Waals surface area contributed by atoms with E-state index in [1.165, 1.54) is 18.9 Å². The maximum absolute atomic E-state index is 14.3. The maximum Gasteiger partial charge on any atom is 0.151 e. The van der Waals surface area contributed by atoms with Crippen LogP contribution in [0.3, 0.4) is 0 Å². The highest BCUT2D eigenvalue weighted by Gasteiger charge is 2.27. The molecule has 2 heterocycles. The Labute approximate surface area is 156 Å². The van der Waals surface area contributed by atoms with E-state index >= 15 is 0 Å². The number of benzene rings is 1. The Morgan fingerprint density at radius 1 is 1.27 bits per heavy atom. The van der Waals surface area contributed by atoms with Crippen LogP contribution >= 0.6 is 11.6 Å². The van der Waals surface area contributed by atoms with E-state index in [2.05, 4.69) is 20.3 Å². The summed E-state index contributed by atoms with van der Waals surface area (Å²) in [6.45, 7) is 1.07. The number of nitrogens with zero attached hydrogens (tertiary/aromatic N) is 3. The van der Waals surface area contributed by atoms with Crippen molar-refractivity contribution in [1.82, 2.24) is 9.97 Å². The summed E-state index contributed by atoms with van der Waals surface area (Å²) in [5.41, 5.74) is 8.15. The Balaban J connectivity index is 1.57. The second-order valence-electron chi connectivity index (χ2n) is 6.85. The zero-order valence-corrected chi connectivity index (χ0v) is 15.1. The first-order valence-electron chi connectivity index (χ1n) is 8.99. The van der Waals surface area contributed by atoms with Gasteiger partial charge in [-0.05, 0) is 37.4 Å². The van der Waals surface area contributed by atoms with E-state index in [9.17, 15) is 4.39 Å². The lowest BCUT2D eigenvalue weighted by Crippen LogP contribution is -2.37. The number of aromatic nitrogens is 2. The maximum atomic E-state index is 14.3. The molecule has 2 atom stereocenters. The normalized spacial score (nSPS) is 22.0. The fourth-order valence-electron chi connectivity index (χ4n) is 3.80. The predicted octanol–water partition coefficient (Wildman–Crippen LogP) is 3.55. The number of halogens is 2. The van der Waals surface area contributed by atoms with Crippen LogP contribution < -0.4 is 11.1 Å². The molecule has 1 aromatic heterocycles. The summed E-state index contributed by atoms with van der Waals surface area (Å²) in [7, 11) is 0. The average molecular weight is 374 g/mol. The highest BCUT2D eigenvalue weighted by atomic mass is 35.5. The van der Waals surface area contributed by atoms with Crippen LogP contribution in [0, 0.1) is 11.7 Å². The first-order valence-corrected chi connectivity index (χ1v) is 9.37. The summed E-state index contributed by atoms with van der Waals surface area (Å²) < 4.78 is 14.3. The van der Waals surface area contributed by atoms with E-state index in [1.54, 1.807) is 18.3 Å². The number of nitrogens with one attached hydrogen (secondary N) is 1. The van der Waals surface area contributed by atoms with E-state index in [4.69, 9.17) is 17.3 Å². The molecular formula is C19H21ClFN5. The SMILES string of the molecule is NC[C@H]1CCCC[C@@H]1Nc1cnc2c(n1)CN=C2c1cccc(Cl)c1F. The van der Waals surface area contributed by atoms with Gasteiger partial charge in [0.05, 0.1) is 29.2 Å². The summed E-state index contributed by atoms with van der Waals surface area (Å²) in [4.78, 5) is 13.6. The average Bonchev–Trinajstić information content (AvgIpc) is 3.07. The third kappa shape index (κ3) is 3.19. The molecule has 7 heteroatoms. The standard InChI is InChI=1S/C19H21ClFN5/c20-13-6-3-5-12(17(13)21)18-19-15(9-23-18)26-16(10-24-19)25-14-7-2-1-4-11(14)8-22/h3,5-6,10-11,14H,1-2,4,7-9,22H2,(H,25,26)/t11-,14+/m1/s1. The van der Waals surface area contributed by atoms with Crippen LogP contribution in [-0.4, -0.2) is 28.3 Å². The Morgan fingerprint density at radius 3 is 2.96 bits per heavy atom. The molecule has 1 aromatic carbocycles. The molecule has 0 unspecified atom stereocenters. The topological polar surface area (TPSA) is 76.2 Å². The van der Waals surface area contributed by atoms with E-state index in [1.807, 2.05) is 0 Å². The summed E-state index contributed by atoms with van der Waals surface area (Å²) in [5.74, 6) is 0.723. The van der Waals surface area contributed by atoms with Crippen LogP contribution in [0.15, 0.2) is 29.4 Å². The Hall–Kier alpha value is -2.05. The van der Waals surface area contributed by atoms with Crippen molar-refractivity contribution in [2.24, 2.45) is 16.6 Å². The molecule has 1 saturated carbocycles. The molecule has 26 heavy (non-hydrogen) atoms. The lowest BCUT2D eigenvalue weighted by Gasteiger charge is -2.31. The summed E-state index contributed by atoms with van der Waals surface area (Å²) in [5, 5.41) is 3.57. The lowest BCUT2D eigenvalue weighted by atomic mass is 9.84. The van der Waals surface area contributed by atoms with Gasteiger partial charge in [-0.2, -0.15) is 0 Å². The van der Waals surface area contributed by atoms with E-state index in [0.29, 0.717) is 42.0 Å². The van der Waals surface area contributed by atoms with Crippen molar-refractivity contribution in [2.75, 3.05) is 11.9 Å². The predicted molar refractivity (Wildman–Crippen MR) is 101 cm³/mol. The van der Waals surface area contributed by atoms with Crippen LogP contribution in [0.5, 0.6) is 0 Å². The van der Waals surface area contributed by atoms with Gasteiger partial charge in [-0.3, -0.25) is 4.99 Å². The van der Waals surface area contributed by atoms with Gasteiger partial charge in [0.1, 0.15) is 11.5 Å². The smallest absolute Gasteiger partial charge is 0.151 e. The highest BCUT2D eigenvalue weighted by molar-refractivity contribution is 6.31. The Morgan fingerprint density at radius 2 is 2.12 bits per heavy atom.